The molecule has 1 aliphatic rings. The predicted octanol–water partition coefficient (Wildman–Crippen LogP) is 5.89. The first kappa shape index (κ1) is 19.9. The minimum Gasteiger partial charge on any atom is -0.489 e. The molecule has 2 aromatic carbocycles. The maximum Gasteiger partial charge on any atom is 0.119 e. The van der Waals surface area contributed by atoms with Gasteiger partial charge in [-0.25, -0.2) is 0 Å². The molecule has 0 unspecified atom stereocenters. The number of ether oxygens (including phenoxy) is 1. The second-order valence-electron chi connectivity index (χ2n) is 8.97. The maximum absolute atomic E-state index is 5.97. The van der Waals surface area contributed by atoms with E-state index in [-0.39, 0.29) is 5.41 Å². The summed E-state index contributed by atoms with van der Waals surface area (Å²) in [5.41, 5.74) is 4.20. The second-order valence-corrected chi connectivity index (χ2v) is 8.97. The van der Waals surface area contributed by atoms with Crippen molar-refractivity contribution in [3.63, 3.8) is 0 Å². The van der Waals surface area contributed by atoms with Crippen LogP contribution in [0.1, 0.15) is 63.1 Å². The topological polar surface area (TPSA) is 21.3 Å². The van der Waals surface area contributed by atoms with E-state index in [0.717, 1.165) is 11.7 Å². The Balaban J connectivity index is 1.42. The number of nitrogens with one attached hydrogen (secondary N) is 1. The molecule has 1 N–H and O–H groups in total. The molecular weight excluding hydrogens is 330 g/mol. The van der Waals surface area contributed by atoms with E-state index in [2.05, 4.69) is 74.6 Å². The minimum atomic E-state index is 0.198. The molecule has 1 heterocycles. The predicted molar refractivity (Wildman–Crippen MR) is 114 cm³/mol. The van der Waals surface area contributed by atoms with Gasteiger partial charge in [-0.15, -0.1) is 0 Å². The Hall–Kier alpha value is -1.80. The summed E-state index contributed by atoms with van der Waals surface area (Å²) in [5.74, 6) is 1.88. The molecule has 1 fully saturated rings. The molecule has 0 aliphatic carbocycles. The summed E-state index contributed by atoms with van der Waals surface area (Å²) in [5, 5.41) is 3.45. The van der Waals surface area contributed by atoms with Crippen molar-refractivity contribution in [3.8, 4) is 5.75 Å². The van der Waals surface area contributed by atoms with Crippen LogP contribution < -0.4 is 10.1 Å². The quantitative estimate of drug-likeness (QED) is 0.661. The van der Waals surface area contributed by atoms with Gasteiger partial charge in [0.15, 0.2) is 0 Å². The first-order valence-corrected chi connectivity index (χ1v) is 10.5. The van der Waals surface area contributed by atoms with Crippen molar-refractivity contribution in [3.05, 3.63) is 65.2 Å². The van der Waals surface area contributed by atoms with Crippen LogP contribution in [-0.4, -0.2) is 13.1 Å². The number of hydrogen-bond acceptors (Lipinski definition) is 2. The number of piperidine rings is 1. The van der Waals surface area contributed by atoms with Crippen molar-refractivity contribution >= 4 is 0 Å². The molecule has 0 saturated carbocycles. The molecule has 27 heavy (non-hydrogen) atoms. The van der Waals surface area contributed by atoms with Gasteiger partial charge in [0.05, 0.1) is 0 Å². The summed E-state index contributed by atoms with van der Waals surface area (Å²) in [7, 11) is 0. The first-order valence-electron chi connectivity index (χ1n) is 10.5. The number of benzene rings is 2. The van der Waals surface area contributed by atoms with Gasteiger partial charge in [0.2, 0.25) is 0 Å². The van der Waals surface area contributed by atoms with Gasteiger partial charge in [-0.2, -0.15) is 0 Å². The van der Waals surface area contributed by atoms with Crippen molar-refractivity contribution in [1.29, 1.82) is 0 Å². The number of aryl methyl sites for hydroxylation is 1. The summed E-state index contributed by atoms with van der Waals surface area (Å²) in [6.45, 7) is 9.76. The molecule has 1 saturated heterocycles. The van der Waals surface area contributed by atoms with E-state index in [1.165, 1.54) is 61.9 Å². The fraction of sp³-hybridized carbons (Fsp3) is 0.520. The zero-order valence-corrected chi connectivity index (χ0v) is 17.3. The first-order chi connectivity index (χ1) is 13.0. The van der Waals surface area contributed by atoms with Gasteiger partial charge in [-0.1, -0.05) is 63.6 Å². The molecule has 146 valence electrons. The Morgan fingerprint density at radius 1 is 0.889 bits per heavy atom. The van der Waals surface area contributed by atoms with Crippen molar-refractivity contribution in [1.82, 2.24) is 5.32 Å². The normalized spacial score (nSPS) is 15.7. The van der Waals surface area contributed by atoms with Crippen LogP contribution >= 0.6 is 0 Å². The highest BCUT2D eigenvalue weighted by atomic mass is 16.5. The number of rotatable bonds is 7. The molecule has 2 nitrogen and oxygen atoms in total. The molecule has 1 aliphatic heterocycles. The van der Waals surface area contributed by atoms with Crippen molar-refractivity contribution in [2.45, 2.75) is 64.9 Å². The van der Waals surface area contributed by atoms with Crippen LogP contribution in [0, 0.1) is 5.92 Å². The van der Waals surface area contributed by atoms with E-state index in [1.807, 2.05) is 0 Å². The number of hydrogen-bond donors (Lipinski definition) is 1. The van der Waals surface area contributed by atoms with Crippen LogP contribution in [0.5, 0.6) is 5.75 Å². The summed E-state index contributed by atoms with van der Waals surface area (Å²) >= 11 is 0. The molecular formula is C25H35NO. The summed E-state index contributed by atoms with van der Waals surface area (Å²) in [6.07, 6.45) is 6.54. The maximum atomic E-state index is 5.97. The summed E-state index contributed by atoms with van der Waals surface area (Å²) < 4.78 is 5.97. The van der Waals surface area contributed by atoms with E-state index >= 15 is 0 Å². The van der Waals surface area contributed by atoms with Crippen LogP contribution in [0.25, 0.3) is 0 Å². The fourth-order valence-electron chi connectivity index (χ4n) is 3.79. The summed E-state index contributed by atoms with van der Waals surface area (Å²) in [6, 6.07) is 17.5. The van der Waals surface area contributed by atoms with E-state index < -0.39 is 0 Å². The molecule has 0 radical (unpaired) electrons. The van der Waals surface area contributed by atoms with Gasteiger partial charge in [-0.05, 0) is 78.9 Å². The Morgan fingerprint density at radius 3 is 2.15 bits per heavy atom. The van der Waals surface area contributed by atoms with E-state index in [4.69, 9.17) is 4.74 Å². The van der Waals surface area contributed by atoms with Crippen LogP contribution in [0.15, 0.2) is 48.5 Å². The average Bonchev–Trinajstić information content (AvgIpc) is 2.68. The van der Waals surface area contributed by atoms with E-state index in [9.17, 15) is 0 Å². The van der Waals surface area contributed by atoms with E-state index in [0.29, 0.717) is 6.61 Å². The minimum absolute atomic E-state index is 0.198. The molecule has 2 heteroatoms. The highest BCUT2D eigenvalue weighted by molar-refractivity contribution is 5.29. The largest absolute Gasteiger partial charge is 0.489 e. The lowest BCUT2D eigenvalue weighted by molar-refractivity contribution is 0.306. The lowest BCUT2D eigenvalue weighted by atomic mass is 9.87. The Morgan fingerprint density at radius 2 is 1.52 bits per heavy atom. The van der Waals surface area contributed by atoms with Crippen LogP contribution in [0.2, 0.25) is 0 Å². The Bertz CT molecular complexity index is 676. The van der Waals surface area contributed by atoms with Crippen LogP contribution in [-0.2, 0) is 18.4 Å². The van der Waals surface area contributed by atoms with Crippen molar-refractivity contribution in [2.24, 2.45) is 5.92 Å². The smallest absolute Gasteiger partial charge is 0.119 e. The van der Waals surface area contributed by atoms with Crippen molar-refractivity contribution in [2.75, 3.05) is 13.1 Å². The third kappa shape index (κ3) is 6.39. The second kappa shape index (κ2) is 9.41. The zero-order valence-electron chi connectivity index (χ0n) is 17.3. The van der Waals surface area contributed by atoms with Gasteiger partial charge in [0.1, 0.15) is 12.4 Å². The molecule has 0 bridgehead atoms. The average molecular weight is 366 g/mol. The molecule has 0 amide bonds. The molecule has 0 aromatic heterocycles. The molecule has 3 rings (SSSR count). The molecule has 0 spiro atoms. The fourth-order valence-corrected chi connectivity index (χ4v) is 3.79. The van der Waals surface area contributed by atoms with Gasteiger partial charge in [0.25, 0.3) is 0 Å². The highest BCUT2D eigenvalue weighted by Crippen LogP contribution is 2.23. The zero-order chi connectivity index (χ0) is 19.1. The van der Waals surface area contributed by atoms with Crippen LogP contribution in [0.4, 0.5) is 0 Å². The lowest BCUT2D eigenvalue weighted by Crippen LogP contribution is -2.27. The van der Waals surface area contributed by atoms with Gasteiger partial charge >= 0.3 is 0 Å². The Labute approximate surface area is 165 Å². The third-order valence-electron chi connectivity index (χ3n) is 5.69. The monoisotopic (exact) mass is 365 g/mol. The molecule has 2 aromatic rings. The van der Waals surface area contributed by atoms with Gasteiger partial charge in [0, 0.05) is 0 Å². The Kier molecular flexibility index (Phi) is 6.95. The third-order valence-corrected chi connectivity index (χ3v) is 5.69. The van der Waals surface area contributed by atoms with Crippen LogP contribution in [0.3, 0.4) is 0 Å². The summed E-state index contributed by atoms with van der Waals surface area (Å²) in [4.78, 5) is 0. The SMILES string of the molecule is CC(C)(C)c1ccc(COc2ccc(CCCC3CCNCC3)cc2)cc1. The van der Waals surface area contributed by atoms with Gasteiger partial charge < -0.3 is 10.1 Å². The van der Waals surface area contributed by atoms with Crippen molar-refractivity contribution < 1.29 is 4.74 Å². The van der Waals surface area contributed by atoms with Gasteiger partial charge in [-0.3, -0.25) is 0 Å². The standard InChI is InChI=1S/C25H35NO/c1-25(2,3)23-11-7-22(8-12-23)19-27-24-13-9-20(10-14-24)5-4-6-21-15-17-26-18-16-21/h7-14,21,26H,4-6,15-19H2,1-3H3. The molecule has 0 atom stereocenters. The lowest BCUT2D eigenvalue weighted by Gasteiger charge is -2.22. The van der Waals surface area contributed by atoms with E-state index in [1.54, 1.807) is 0 Å². The highest BCUT2D eigenvalue weighted by Gasteiger charge is 2.13.